The highest BCUT2D eigenvalue weighted by Gasteiger charge is 2.22. The summed E-state index contributed by atoms with van der Waals surface area (Å²) in [7, 11) is 1.61. The smallest absolute Gasteiger partial charge is 0.240 e. The SMILES string of the molecule is COc1ccc(-c2n[nH]c(CNC(=O)CN3CSCC3=O)n2)cc1. The predicted molar refractivity (Wildman–Crippen MR) is 89.3 cm³/mol. The number of aromatic nitrogens is 3. The van der Waals surface area contributed by atoms with Crippen molar-refractivity contribution >= 4 is 23.6 Å². The lowest BCUT2D eigenvalue weighted by atomic mass is 10.2. The zero-order valence-electron chi connectivity index (χ0n) is 13.1. The van der Waals surface area contributed by atoms with Crippen molar-refractivity contribution in [3.63, 3.8) is 0 Å². The molecule has 1 aromatic heterocycles. The quantitative estimate of drug-likeness (QED) is 0.795. The molecule has 1 saturated heterocycles. The van der Waals surface area contributed by atoms with Crippen LogP contribution in [0.1, 0.15) is 5.82 Å². The van der Waals surface area contributed by atoms with E-state index in [1.807, 2.05) is 24.3 Å². The number of benzene rings is 1. The molecule has 0 bridgehead atoms. The molecule has 0 radical (unpaired) electrons. The van der Waals surface area contributed by atoms with E-state index in [0.717, 1.165) is 11.3 Å². The molecule has 2 aromatic rings. The second-order valence-electron chi connectivity index (χ2n) is 5.18. The Morgan fingerprint density at radius 2 is 2.21 bits per heavy atom. The molecule has 9 heteroatoms. The van der Waals surface area contributed by atoms with Crippen LogP contribution in [0.15, 0.2) is 24.3 Å². The maximum absolute atomic E-state index is 11.9. The minimum absolute atomic E-state index is 0.00314. The van der Waals surface area contributed by atoms with Crippen molar-refractivity contribution in [2.24, 2.45) is 0 Å². The number of thioether (sulfide) groups is 1. The van der Waals surface area contributed by atoms with Crippen molar-refractivity contribution in [3.05, 3.63) is 30.1 Å². The summed E-state index contributed by atoms with van der Waals surface area (Å²) < 4.78 is 5.11. The number of ether oxygens (including phenoxy) is 1. The van der Waals surface area contributed by atoms with Crippen molar-refractivity contribution in [1.29, 1.82) is 0 Å². The summed E-state index contributed by atoms with van der Waals surface area (Å²) in [6, 6.07) is 7.39. The monoisotopic (exact) mass is 347 g/mol. The minimum atomic E-state index is -0.215. The summed E-state index contributed by atoms with van der Waals surface area (Å²) in [5.74, 6) is 2.65. The van der Waals surface area contributed by atoms with E-state index in [9.17, 15) is 9.59 Å². The maximum atomic E-state index is 11.9. The Morgan fingerprint density at radius 1 is 1.42 bits per heavy atom. The Kier molecular flexibility index (Phi) is 4.99. The van der Waals surface area contributed by atoms with Gasteiger partial charge in [0.15, 0.2) is 5.82 Å². The topological polar surface area (TPSA) is 100 Å². The van der Waals surface area contributed by atoms with Crippen LogP contribution in [0.4, 0.5) is 0 Å². The van der Waals surface area contributed by atoms with Gasteiger partial charge in [0, 0.05) is 5.56 Å². The molecule has 8 nitrogen and oxygen atoms in total. The van der Waals surface area contributed by atoms with E-state index < -0.39 is 0 Å². The fraction of sp³-hybridized carbons (Fsp3) is 0.333. The highest BCUT2D eigenvalue weighted by atomic mass is 32.2. The molecule has 3 rings (SSSR count). The number of H-pyrrole nitrogens is 1. The molecule has 0 aliphatic carbocycles. The lowest BCUT2D eigenvalue weighted by Crippen LogP contribution is -2.38. The van der Waals surface area contributed by atoms with E-state index in [1.165, 1.54) is 16.7 Å². The molecule has 0 spiro atoms. The first-order chi connectivity index (χ1) is 11.7. The number of nitrogens with one attached hydrogen (secondary N) is 2. The molecule has 0 atom stereocenters. The molecular formula is C15H17N5O3S. The fourth-order valence-electron chi connectivity index (χ4n) is 2.20. The van der Waals surface area contributed by atoms with E-state index in [-0.39, 0.29) is 24.9 Å². The molecule has 126 valence electrons. The van der Waals surface area contributed by atoms with Gasteiger partial charge in [0.2, 0.25) is 11.8 Å². The summed E-state index contributed by atoms with van der Waals surface area (Å²) in [4.78, 5) is 29.2. The molecule has 1 aliphatic rings. The third kappa shape index (κ3) is 3.85. The first-order valence-corrected chi connectivity index (χ1v) is 8.49. The number of hydrogen-bond donors (Lipinski definition) is 2. The third-order valence-corrected chi connectivity index (χ3v) is 4.44. The van der Waals surface area contributed by atoms with Crippen LogP contribution in [0.25, 0.3) is 11.4 Å². The molecule has 2 heterocycles. The summed E-state index contributed by atoms with van der Waals surface area (Å²) >= 11 is 1.51. The molecule has 1 aromatic carbocycles. The number of carbonyl (C=O) groups excluding carboxylic acids is 2. The van der Waals surface area contributed by atoms with Crippen LogP contribution in [0.2, 0.25) is 0 Å². The standard InChI is InChI=1S/C15H17N5O3S/c1-23-11-4-2-10(3-5-11)15-17-12(18-19-15)6-16-13(21)7-20-9-24-8-14(20)22/h2-5H,6-9H2,1H3,(H,16,21)(H,17,18,19). The van der Waals surface area contributed by atoms with E-state index in [2.05, 4.69) is 20.5 Å². The second-order valence-corrected chi connectivity index (χ2v) is 6.14. The van der Waals surface area contributed by atoms with Gasteiger partial charge in [0.1, 0.15) is 18.1 Å². The van der Waals surface area contributed by atoms with Crippen LogP contribution in [0, 0.1) is 0 Å². The average molecular weight is 347 g/mol. The van der Waals surface area contributed by atoms with Crippen LogP contribution >= 0.6 is 11.8 Å². The van der Waals surface area contributed by atoms with Crippen molar-refractivity contribution in [2.75, 3.05) is 25.3 Å². The van der Waals surface area contributed by atoms with Crippen molar-refractivity contribution < 1.29 is 14.3 Å². The number of hydrogen-bond acceptors (Lipinski definition) is 6. The molecule has 0 unspecified atom stereocenters. The minimum Gasteiger partial charge on any atom is -0.497 e. The van der Waals surface area contributed by atoms with Gasteiger partial charge >= 0.3 is 0 Å². The number of rotatable bonds is 6. The van der Waals surface area contributed by atoms with E-state index in [4.69, 9.17) is 4.74 Å². The van der Waals surface area contributed by atoms with Crippen LogP contribution in [-0.4, -0.2) is 57.2 Å². The Bertz CT molecular complexity index is 731. The largest absolute Gasteiger partial charge is 0.497 e. The first-order valence-electron chi connectivity index (χ1n) is 7.33. The zero-order valence-corrected chi connectivity index (χ0v) is 13.9. The third-order valence-electron chi connectivity index (χ3n) is 3.49. The molecule has 1 fully saturated rings. The Hall–Kier alpha value is -2.55. The Labute approximate surface area is 143 Å². The lowest BCUT2D eigenvalue weighted by molar-refractivity contribution is -0.132. The van der Waals surface area contributed by atoms with Crippen LogP contribution in [0.5, 0.6) is 5.75 Å². The van der Waals surface area contributed by atoms with Gasteiger partial charge in [0.25, 0.3) is 0 Å². The maximum Gasteiger partial charge on any atom is 0.240 e. The predicted octanol–water partition coefficient (Wildman–Crippen LogP) is 0.629. The van der Waals surface area contributed by atoms with Gasteiger partial charge in [-0.25, -0.2) is 4.98 Å². The second kappa shape index (κ2) is 7.35. The van der Waals surface area contributed by atoms with Gasteiger partial charge in [0.05, 0.1) is 25.3 Å². The molecule has 2 N–H and O–H groups in total. The van der Waals surface area contributed by atoms with Crippen molar-refractivity contribution in [3.8, 4) is 17.1 Å². The number of methoxy groups -OCH3 is 1. The van der Waals surface area contributed by atoms with Gasteiger partial charge in [-0.1, -0.05) is 0 Å². The molecule has 24 heavy (non-hydrogen) atoms. The summed E-state index contributed by atoms with van der Waals surface area (Å²) in [5, 5.41) is 9.67. The summed E-state index contributed by atoms with van der Waals surface area (Å²) in [6.07, 6.45) is 0. The number of aromatic amines is 1. The normalized spacial score (nSPS) is 14.0. The van der Waals surface area contributed by atoms with Crippen molar-refractivity contribution in [2.45, 2.75) is 6.54 Å². The van der Waals surface area contributed by atoms with E-state index in [1.54, 1.807) is 7.11 Å². The lowest BCUT2D eigenvalue weighted by Gasteiger charge is -2.13. The number of nitrogens with zero attached hydrogens (tertiary/aromatic N) is 3. The fourth-order valence-corrected chi connectivity index (χ4v) is 3.10. The van der Waals surface area contributed by atoms with Crippen LogP contribution < -0.4 is 10.1 Å². The Morgan fingerprint density at radius 3 is 2.88 bits per heavy atom. The van der Waals surface area contributed by atoms with Gasteiger partial charge in [-0.2, -0.15) is 5.10 Å². The molecule has 0 saturated carbocycles. The van der Waals surface area contributed by atoms with Crippen LogP contribution in [-0.2, 0) is 16.1 Å². The van der Waals surface area contributed by atoms with Crippen LogP contribution in [0.3, 0.4) is 0 Å². The van der Waals surface area contributed by atoms with Gasteiger partial charge < -0.3 is 15.0 Å². The first kappa shape index (κ1) is 16.3. The van der Waals surface area contributed by atoms with E-state index >= 15 is 0 Å². The molecular weight excluding hydrogens is 330 g/mol. The van der Waals surface area contributed by atoms with Gasteiger partial charge in [-0.15, -0.1) is 11.8 Å². The highest BCUT2D eigenvalue weighted by Crippen LogP contribution is 2.19. The molecule has 2 amide bonds. The zero-order chi connectivity index (χ0) is 16.9. The summed E-state index contributed by atoms with van der Waals surface area (Å²) in [5.41, 5.74) is 0.851. The number of carbonyl (C=O) groups is 2. The van der Waals surface area contributed by atoms with Crippen molar-refractivity contribution in [1.82, 2.24) is 25.4 Å². The number of amides is 2. The molecule has 1 aliphatic heterocycles. The Balaban J connectivity index is 1.53. The van der Waals surface area contributed by atoms with Gasteiger partial charge in [-0.05, 0) is 24.3 Å². The van der Waals surface area contributed by atoms with E-state index in [0.29, 0.717) is 23.3 Å². The average Bonchev–Trinajstić information content (AvgIpc) is 3.23. The van der Waals surface area contributed by atoms with Gasteiger partial charge in [-0.3, -0.25) is 14.7 Å². The highest BCUT2D eigenvalue weighted by molar-refractivity contribution is 8.00. The summed E-state index contributed by atoms with van der Waals surface area (Å²) in [6.45, 7) is 0.308.